The van der Waals surface area contributed by atoms with Gasteiger partial charge < -0.3 is 30.3 Å². The van der Waals surface area contributed by atoms with Gasteiger partial charge >= 0.3 is 0 Å². The van der Waals surface area contributed by atoms with Crippen LogP contribution in [0.25, 0.3) is 0 Å². The van der Waals surface area contributed by atoms with Gasteiger partial charge in [-0.25, -0.2) is 0 Å². The maximum atomic E-state index is 10.1. The van der Waals surface area contributed by atoms with Crippen LogP contribution in [0.15, 0.2) is 36.4 Å². The first-order valence-corrected chi connectivity index (χ1v) is 12.8. The summed E-state index contributed by atoms with van der Waals surface area (Å²) in [5.74, 6) is 1.53. The summed E-state index contributed by atoms with van der Waals surface area (Å²) in [6, 6.07) is 11.2. The molecule has 2 aromatic carbocycles. The predicted octanol–water partition coefficient (Wildman–Crippen LogP) is 5.90. The summed E-state index contributed by atoms with van der Waals surface area (Å²) in [5, 5.41) is 27.0. The summed E-state index contributed by atoms with van der Waals surface area (Å²) in [6.45, 7) is 3.29. The lowest BCUT2D eigenvalue weighted by molar-refractivity contribution is 0.369. The average Bonchev–Trinajstić information content (AvgIpc) is 2.85. The molecular formula is C28H44N2O4. The van der Waals surface area contributed by atoms with Crippen molar-refractivity contribution in [2.75, 3.05) is 27.3 Å². The van der Waals surface area contributed by atoms with E-state index in [4.69, 9.17) is 9.47 Å². The van der Waals surface area contributed by atoms with Crippen LogP contribution in [0.1, 0.15) is 75.3 Å². The van der Waals surface area contributed by atoms with Crippen molar-refractivity contribution in [2.24, 2.45) is 0 Å². The van der Waals surface area contributed by atoms with Gasteiger partial charge in [-0.3, -0.25) is 0 Å². The Balaban J connectivity index is 1.35. The number of aromatic hydroxyl groups is 2. The molecule has 0 aromatic heterocycles. The molecule has 0 aliphatic rings. The van der Waals surface area contributed by atoms with E-state index in [2.05, 4.69) is 10.6 Å². The summed E-state index contributed by atoms with van der Waals surface area (Å²) in [7, 11) is 3.15. The number of nitrogens with one attached hydrogen (secondary N) is 2. The van der Waals surface area contributed by atoms with E-state index in [1.54, 1.807) is 26.4 Å². The van der Waals surface area contributed by atoms with Crippen LogP contribution in [-0.2, 0) is 13.1 Å². The van der Waals surface area contributed by atoms with E-state index < -0.39 is 0 Å². The van der Waals surface area contributed by atoms with Gasteiger partial charge in [-0.15, -0.1) is 0 Å². The van der Waals surface area contributed by atoms with Crippen molar-refractivity contribution in [3.05, 3.63) is 47.5 Å². The zero-order valence-corrected chi connectivity index (χ0v) is 21.1. The van der Waals surface area contributed by atoms with Gasteiger partial charge in [-0.1, -0.05) is 75.6 Å². The highest BCUT2D eigenvalue weighted by Crippen LogP contribution is 2.30. The molecule has 34 heavy (non-hydrogen) atoms. The number of phenolic OH excluding ortho intramolecular Hbond substituents is 2. The second-order valence-corrected chi connectivity index (χ2v) is 8.83. The molecule has 0 radical (unpaired) electrons. The van der Waals surface area contributed by atoms with Crippen LogP contribution in [0.4, 0.5) is 0 Å². The Morgan fingerprint density at radius 2 is 0.912 bits per heavy atom. The number of unbranched alkanes of at least 4 members (excludes halogenated alkanes) is 9. The first-order chi connectivity index (χ1) is 16.7. The lowest BCUT2D eigenvalue weighted by atomic mass is 10.1. The lowest BCUT2D eigenvalue weighted by Crippen LogP contribution is -2.14. The van der Waals surface area contributed by atoms with Crippen LogP contribution in [0, 0.1) is 0 Å². The van der Waals surface area contributed by atoms with Crippen molar-refractivity contribution >= 4 is 0 Å². The number of para-hydroxylation sites is 2. The van der Waals surface area contributed by atoms with E-state index in [1.165, 1.54) is 64.2 Å². The number of methoxy groups -OCH3 is 2. The van der Waals surface area contributed by atoms with Crippen LogP contribution in [0.3, 0.4) is 0 Å². The highest BCUT2D eigenvalue weighted by atomic mass is 16.5. The van der Waals surface area contributed by atoms with E-state index in [0.29, 0.717) is 24.6 Å². The normalized spacial score (nSPS) is 11.0. The molecule has 2 rings (SSSR count). The molecule has 2 aromatic rings. The summed E-state index contributed by atoms with van der Waals surface area (Å²) >= 11 is 0. The molecule has 0 fully saturated rings. The first-order valence-electron chi connectivity index (χ1n) is 12.8. The highest BCUT2D eigenvalue weighted by molar-refractivity contribution is 5.45. The molecule has 0 saturated carbocycles. The predicted molar refractivity (Wildman–Crippen MR) is 139 cm³/mol. The molecule has 0 amide bonds. The van der Waals surface area contributed by atoms with Crippen molar-refractivity contribution in [2.45, 2.75) is 77.3 Å². The number of benzene rings is 2. The van der Waals surface area contributed by atoms with Gasteiger partial charge in [0.2, 0.25) is 0 Å². The van der Waals surface area contributed by atoms with Gasteiger partial charge in [0.15, 0.2) is 23.0 Å². The smallest absolute Gasteiger partial charge is 0.162 e. The molecule has 0 unspecified atom stereocenters. The molecule has 0 aliphatic heterocycles. The Labute approximate surface area is 205 Å². The van der Waals surface area contributed by atoms with Crippen molar-refractivity contribution < 1.29 is 19.7 Å². The van der Waals surface area contributed by atoms with Crippen molar-refractivity contribution in [1.29, 1.82) is 0 Å². The van der Waals surface area contributed by atoms with E-state index in [9.17, 15) is 10.2 Å². The van der Waals surface area contributed by atoms with Crippen molar-refractivity contribution in [3.63, 3.8) is 0 Å². The highest BCUT2D eigenvalue weighted by Gasteiger charge is 2.07. The largest absolute Gasteiger partial charge is 0.504 e. The van der Waals surface area contributed by atoms with Gasteiger partial charge in [-0.05, 0) is 38.1 Å². The number of ether oxygens (including phenoxy) is 2. The van der Waals surface area contributed by atoms with Gasteiger partial charge in [-0.2, -0.15) is 0 Å². The van der Waals surface area contributed by atoms with E-state index in [-0.39, 0.29) is 11.5 Å². The van der Waals surface area contributed by atoms with Crippen LogP contribution >= 0.6 is 0 Å². The van der Waals surface area contributed by atoms with Gasteiger partial charge in [0, 0.05) is 24.2 Å². The minimum absolute atomic E-state index is 0.238. The van der Waals surface area contributed by atoms with E-state index in [1.807, 2.05) is 24.3 Å². The Morgan fingerprint density at radius 1 is 0.559 bits per heavy atom. The second kappa shape index (κ2) is 17.1. The van der Waals surface area contributed by atoms with Gasteiger partial charge in [0.1, 0.15) is 0 Å². The maximum Gasteiger partial charge on any atom is 0.162 e. The zero-order valence-electron chi connectivity index (χ0n) is 21.1. The quantitative estimate of drug-likeness (QED) is 0.191. The molecule has 0 saturated heterocycles. The third-order valence-electron chi connectivity index (χ3n) is 6.19. The van der Waals surface area contributed by atoms with Crippen molar-refractivity contribution in [1.82, 2.24) is 10.6 Å². The fraction of sp³-hybridized carbons (Fsp3) is 0.571. The van der Waals surface area contributed by atoms with Gasteiger partial charge in [0.05, 0.1) is 14.2 Å². The minimum atomic E-state index is 0.238. The van der Waals surface area contributed by atoms with Gasteiger partial charge in [0.25, 0.3) is 0 Å². The van der Waals surface area contributed by atoms with E-state index in [0.717, 1.165) is 24.2 Å². The Kier molecular flexibility index (Phi) is 14.0. The number of phenols is 2. The Hall–Kier alpha value is -2.44. The third-order valence-corrected chi connectivity index (χ3v) is 6.19. The average molecular weight is 473 g/mol. The van der Waals surface area contributed by atoms with E-state index >= 15 is 0 Å². The minimum Gasteiger partial charge on any atom is -0.504 e. The Bertz CT molecular complexity index is 745. The molecular weight excluding hydrogens is 428 g/mol. The third kappa shape index (κ3) is 10.2. The summed E-state index contributed by atoms with van der Waals surface area (Å²) in [4.78, 5) is 0. The zero-order chi connectivity index (χ0) is 24.4. The van der Waals surface area contributed by atoms with Crippen LogP contribution in [0.5, 0.6) is 23.0 Å². The molecule has 0 heterocycles. The summed E-state index contributed by atoms with van der Waals surface area (Å²) in [6.07, 6.45) is 12.8. The number of hydrogen-bond donors (Lipinski definition) is 4. The molecule has 0 atom stereocenters. The lowest BCUT2D eigenvalue weighted by Gasteiger charge is -2.10. The summed E-state index contributed by atoms with van der Waals surface area (Å²) in [5.41, 5.74) is 1.76. The number of hydrogen-bond acceptors (Lipinski definition) is 6. The molecule has 6 nitrogen and oxygen atoms in total. The monoisotopic (exact) mass is 472 g/mol. The standard InChI is InChI=1S/C28H44N2O4/c1-33-25-17-13-15-23(27(25)31)21-29-19-11-9-7-5-3-4-6-8-10-12-20-30-22-24-16-14-18-26(34-2)28(24)32/h13-18,29-32H,3-12,19-22H2,1-2H3. The molecule has 0 spiro atoms. The van der Waals surface area contributed by atoms with Crippen LogP contribution in [0.2, 0.25) is 0 Å². The molecule has 0 bridgehead atoms. The van der Waals surface area contributed by atoms with Crippen LogP contribution < -0.4 is 20.1 Å². The molecule has 4 N–H and O–H groups in total. The van der Waals surface area contributed by atoms with Crippen molar-refractivity contribution in [3.8, 4) is 23.0 Å². The fourth-order valence-corrected chi connectivity index (χ4v) is 4.11. The summed E-state index contributed by atoms with van der Waals surface area (Å²) < 4.78 is 10.3. The maximum absolute atomic E-state index is 10.1. The second-order valence-electron chi connectivity index (χ2n) is 8.83. The Morgan fingerprint density at radius 3 is 1.26 bits per heavy atom. The topological polar surface area (TPSA) is 83.0 Å². The number of rotatable bonds is 19. The molecule has 0 aliphatic carbocycles. The molecule has 190 valence electrons. The molecule has 6 heteroatoms. The SMILES string of the molecule is COc1cccc(CNCCCCCCCCCCCCNCc2cccc(OC)c2O)c1O. The fourth-order valence-electron chi connectivity index (χ4n) is 4.11. The first kappa shape index (κ1) is 27.8. The van der Waals surface area contributed by atoms with Crippen LogP contribution in [-0.4, -0.2) is 37.5 Å².